The van der Waals surface area contributed by atoms with Gasteiger partial charge in [-0.05, 0) is 34.2 Å². The Morgan fingerprint density at radius 2 is 0.667 bits per heavy atom. The summed E-state index contributed by atoms with van der Waals surface area (Å²) in [4.78, 5) is 0. The van der Waals surface area contributed by atoms with Crippen molar-refractivity contribution in [3.8, 4) is 0 Å². The number of benzene rings is 5. The van der Waals surface area contributed by atoms with Crippen molar-refractivity contribution in [2.45, 2.75) is 56.3 Å². The summed E-state index contributed by atoms with van der Waals surface area (Å²) in [5.41, 5.74) is 5.90. The zero-order chi connectivity index (χ0) is 26.8. The van der Waals surface area contributed by atoms with Gasteiger partial charge in [-0.25, -0.2) is 0 Å². The third-order valence-electron chi connectivity index (χ3n) is 8.45. The lowest BCUT2D eigenvalue weighted by Gasteiger charge is -2.53. The molecule has 0 aromatic heterocycles. The van der Waals surface area contributed by atoms with Gasteiger partial charge in [0.1, 0.15) is 0 Å². The lowest BCUT2D eigenvalue weighted by molar-refractivity contribution is 0.319. The summed E-state index contributed by atoms with van der Waals surface area (Å²) in [6.07, 6.45) is 7.28. The van der Waals surface area contributed by atoms with E-state index >= 15 is 0 Å². The van der Waals surface area contributed by atoms with Crippen LogP contribution in [0.5, 0.6) is 0 Å². The van der Waals surface area contributed by atoms with Gasteiger partial charge >= 0.3 is 0 Å². The van der Waals surface area contributed by atoms with Gasteiger partial charge in [-0.3, -0.25) is 0 Å². The molecule has 0 saturated carbocycles. The number of rotatable bonds is 12. The van der Waals surface area contributed by atoms with Gasteiger partial charge in [0.2, 0.25) is 0 Å². The molecule has 5 aromatic carbocycles. The van der Waals surface area contributed by atoms with Crippen molar-refractivity contribution in [3.63, 3.8) is 0 Å². The number of hydrogen-bond acceptors (Lipinski definition) is 0. The van der Waals surface area contributed by atoms with Crippen LogP contribution < -0.4 is 0 Å². The van der Waals surface area contributed by atoms with E-state index in [9.17, 15) is 0 Å². The monoisotopic (exact) mass is 508 g/mol. The lowest BCUT2D eigenvalue weighted by Crippen LogP contribution is -2.52. The SMILES string of the molecule is CCCCCCCC(c1ccccc1)(c1ccccc1)C(c1ccccc1)(c1ccccc1)c1ccccc1. The van der Waals surface area contributed by atoms with Crippen molar-refractivity contribution in [2.75, 3.05) is 0 Å². The van der Waals surface area contributed by atoms with Gasteiger partial charge in [0.15, 0.2) is 0 Å². The fourth-order valence-corrected chi connectivity index (χ4v) is 6.82. The van der Waals surface area contributed by atoms with E-state index in [-0.39, 0.29) is 5.41 Å². The Kier molecular flexibility index (Phi) is 8.74. The second kappa shape index (κ2) is 12.8. The Bertz CT molecular complexity index is 1240. The average molecular weight is 509 g/mol. The molecule has 0 N–H and O–H groups in total. The van der Waals surface area contributed by atoms with Crippen LogP contribution in [0, 0.1) is 0 Å². The quantitative estimate of drug-likeness (QED) is 0.116. The van der Waals surface area contributed by atoms with Crippen molar-refractivity contribution >= 4 is 0 Å². The summed E-state index contributed by atoms with van der Waals surface area (Å²) in [6, 6.07) is 56.4. The van der Waals surface area contributed by atoms with Crippen LogP contribution in [0.4, 0.5) is 0 Å². The van der Waals surface area contributed by atoms with Gasteiger partial charge in [-0.2, -0.15) is 0 Å². The zero-order valence-electron chi connectivity index (χ0n) is 23.2. The van der Waals surface area contributed by atoms with Gasteiger partial charge in [0.25, 0.3) is 0 Å². The highest BCUT2D eigenvalue weighted by molar-refractivity contribution is 5.62. The van der Waals surface area contributed by atoms with E-state index in [4.69, 9.17) is 0 Å². The molecule has 0 saturated heterocycles. The maximum absolute atomic E-state index is 2.36. The molecular weight excluding hydrogens is 468 g/mol. The largest absolute Gasteiger partial charge is 0.0654 e. The molecule has 0 radical (unpaired) electrons. The van der Waals surface area contributed by atoms with Gasteiger partial charge in [-0.15, -0.1) is 0 Å². The van der Waals surface area contributed by atoms with Crippen molar-refractivity contribution < 1.29 is 0 Å². The van der Waals surface area contributed by atoms with Crippen molar-refractivity contribution in [1.29, 1.82) is 0 Å². The smallest absolute Gasteiger partial charge is 0.0588 e. The highest BCUT2D eigenvalue weighted by Crippen LogP contribution is 2.59. The van der Waals surface area contributed by atoms with E-state index in [0.717, 1.165) is 12.8 Å². The molecule has 0 aliphatic carbocycles. The van der Waals surface area contributed by atoms with Gasteiger partial charge < -0.3 is 0 Å². The van der Waals surface area contributed by atoms with Gasteiger partial charge in [0.05, 0.1) is 5.41 Å². The van der Waals surface area contributed by atoms with Crippen LogP contribution >= 0.6 is 0 Å². The molecule has 0 aliphatic heterocycles. The molecule has 5 rings (SSSR count). The van der Waals surface area contributed by atoms with Crippen LogP contribution in [-0.2, 0) is 10.8 Å². The normalized spacial score (nSPS) is 11.8. The minimum atomic E-state index is -0.454. The maximum atomic E-state index is 2.36. The predicted molar refractivity (Wildman–Crippen MR) is 166 cm³/mol. The van der Waals surface area contributed by atoms with Gasteiger partial charge in [-0.1, -0.05) is 191 Å². The number of unbranched alkanes of at least 4 members (excludes halogenated alkanes) is 4. The molecule has 0 atom stereocenters. The Hall–Kier alpha value is -3.90. The Morgan fingerprint density at radius 1 is 0.359 bits per heavy atom. The second-order valence-corrected chi connectivity index (χ2v) is 10.6. The highest BCUT2D eigenvalue weighted by Gasteiger charge is 2.56. The fraction of sp³-hybridized carbons (Fsp3) is 0.231. The topological polar surface area (TPSA) is 0 Å². The minimum Gasteiger partial charge on any atom is -0.0654 e. The molecular formula is C39H40. The van der Waals surface area contributed by atoms with Crippen LogP contribution in [0.3, 0.4) is 0 Å². The lowest BCUT2D eigenvalue weighted by atomic mass is 9.48. The van der Waals surface area contributed by atoms with Crippen LogP contribution in [-0.4, -0.2) is 0 Å². The molecule has 0 bridgehead atoms. The van der Waals surface area contributed by atoms with E-state index in [1.807, 2.05) is 0 Å². The molecule has 0 nitrogen and oxygen atoms in total. The molecule has 0 heterocycles. The van der Waals surface area contributed by atoms with Crippen molar-refractivity contribution in [2.24, 2.45) is 0 Å². The molecule has 5 aromatic rings. The molecule has 0 amide bonds. The van der Waals surface area contributed by atoms with Gasteiger partial charge in [0, 0.05) is 5.41 Å². The standard InChI is InChI=1S/C39H40/c1-2-3-4-5-21-32-38(33-22-11-6-12-23-33,34-24-13-7-14-25-34)39(35-26-15-8-16-27-35,36-28-17-9-18-29-36)37-30-19-10-20-31-37/h6-20,22-31H,2-5,21,32H2,1H3. The van der Waals surface area contributed by atoms with Crippen LogP contribution in [0.15, 0.2) is 152 Å². The number of hydrogen-bond donors (Lipinski definition) is 0. The minimum absolute atomic E-state index is 0.341. The fourth-order valence-electron chi connectivity index (χ4n) is 6.82. The summed E-state index contributed by atoms with van der Waals surface area (Å²) < 4.78 is 0. The molecule has 196 valence electrons. The van der Waals surface area contributed by atoms with E-state index in [1.54, 1.807) is 0 Å². The van der Waals surface area contributed by atoms with Crippen LogP contribution in [0.25, 0.3) is 0 Å². The first-order valence-electron chi connectivity index (χ1n) is 14.6. The summed E-state index contributed by atoms with van der Waals surface area (Å²) >= 11 is 0. The average Bonchev–Trinajstić information content (AvgIpc) is 3.03. The molecule has 0 aliphatic rings. The Balaban J connectivity index is 1.93. The Labute approximate surface area is 235 Å². The molecule has 0 fully saturated rings. The zero-order valence-corrected chi connectivity index (χ0v) is 23.2. The summed E-state index contributed by atoms with van der Waals surface area (Å²) in [5.74, 6) is 0. The van der Waals surface area contributed by atoms with Crippen LogP contribution in [0.2, 0.25) is 0 Å². The van der Waals surface area contributed by atoms with E-state index in [1.165, 1.54) is 53.5 Å². The summed E-state index contributed by atoms with van der Waals surface area (Å²) in [5, 5.41) is 0. The Morgan fingerprint density at radius 3 is 1.00 bits per heavy atom. The highest BCUT2D eigenvalue weighted by atomic mass is 14.6. The molecule has 0 heteroatoms. The predicted octanol–water partition coefficient (Wildman–Crippen LogP) is 10.4. The third-order valence-corrected chi connectivity index (χ3v) is 8.45. The van der Waals surface area contributed by atoms with Crippen molar-refractivity contribution in [1.82, 2.24) is 0 Å². The maximum Gasteiger partial charge on any atom is 0.0588 e. The second-order valence-electron chi connectivity index (χ2n) is 10.6. The van der Waals surface area contributed by atoms with E-state index in [2.05, 4.69) is 159 Å². The van der Waals surface area contributed by atoms with Crippen molar-refractivity contribution in [3.05, 3.63) is 179 Å². The van der Waals surface area contributed by atoms with E-state index < -0.39 is 5.41 Å². The summed E-state index contributed by atoms with van der Waals surface area (Å²) in [7, 11) is 0. The first-order valence-corrected chi connectivity index (χ1v) is 14.6. The molecule has 0 spiro atoms. The first kappa shape index (κ1) is 26.7. The first-order chi connectivity index (χ1) is 19.3. The molecule has 39 heavy (non-hydrogen) atoms. The van der Waals surface area contributed by atoms with Crippen LogP contribution in [0.1, 0.15) is 73.3 Å². The summed E-state index contributed by atoms with van der Waals surface area (Å²) in [6.45, 7) is 2.30. The molecule has 0 unspecified atom stereocenters. The third kappa shape index (κ3) is 5.09. The van der Waals surface area contributed by atoms with E-state index in [0.29, 0.717) is 0 Å².